The second-order valence-electron chi connectivity index (χ2n) is 7.02. The van der Waals surface area contributed by atoms with Gasteiger partial charge in [-0.25, -0.2) is 4.79 Å². The maximum absolute atomic E-state index is 13.4. The van der Waals surface area contributed by atoms with Gasteiger partial charge in [-0.1, -0.05) is 42.5 Å². The lowest BCUT2D eigenvalue weighted by atomic mass is 9.69. The number of ether oxygens (including phenoxy) is 2. The van der Waals surface area contributed by atoms with Crippen LogP contribution in [0.3, 0.4) is 0 Å². The van der Waals surface area contributed by atoms with Gasteiger partial charge in [0.1, 0.15) is 6.10 Å². The Hall–Kier alpha value is -3.35. The number of benzene rings is 2. The third-order valence-corrected chi connectivity index (χ3v) is 5.48. The van der Waals surface area contributed by atoms with Crippen LogP contribution in [0.5, 0.6) is 11.5 Å². The molecule has 0 bridgehead atoms. The van der Waals surface area contributed by atoms with Gasteiger partial charge in [-0.2, -0.15) is 0 Å². The maximum Gasteiger partial charge on any atom is 0.332 e. The highest BCUT2D eigenvalue weighted by atomic mass is 16.5. The van der Waals surface area contributed by atoms with Gasteiger partial charge < -0.3 is 9.47 Å². The molecule has 2 aliphatic heterocycles. The predicted octanol–water partition coefficient (Wildman–Crippen LogP) is 2.41. The SMILES string of the molecule is COc1cccc2c1OC(c1ccccc1)C1(C2)C(=O)N(C)C(=O)N(C)C1=O. The average Bonchev–Trinajstić information content (AvgIpc) is 2.74. The van der Waals surface area contributed by atoms with Gasteiger partial charge in [0.05, 0.1) is 7.11 Å². The van der Waals surface area contributed by atoms with Crippen LogP contribution in [0.25, 0.3) is 0 Å². The van der Waals surface area contributed by atoms with E-state index in [0.29, 0.717) is 22.6 Å². The van der Waals surface area contributed by atoms with Crippen molar-refractivity contribution in [2.24, 2.45) is 5.41 Å². The molecule has 0 aliphatic carbocycles. The molecule has 1 unspecified atom stereocenters. The number of amides is 4. The van der Waals surface area contributed by atoms with Crippen LogP contribution in [0.4, 0.5) is 4.79 Å². The topological polar surface area (TPSA) is 76.2 Å². The minimum atomic E-state index is -1.57. The Labute approximate surface area is 162 Å². The number of carbonyl (C=O) groups is 3. The van der Waals surface area contributed by atoms with Crippen LogP contribution in [0.2, 0.25) is 0 Å². The molecule has 4 amide bonds. The van der Waals surface area contributed by atoms with E-state index >= 15 is 0 Å². The fourth-order valence-electron chi connectivity index (χ4n) is 4.05. The number of hydrogen-bond acceptors (Lipinski definition) is 5. The molecule has 2 aliphatic rings. The lowest BCUT2D eigenvalue weighted by Gasteiger charge is -2.48. The molecule has 2 aromatic carbocycles. The van der Waals surface area contributed by atoms with Crippen molar-refractivity contribution in [1.82, 2.24) is 9.80 Å². The number of para-hydroxylation sites is 1. The van der Waals surface area contributed by atoms with Crippen LogP contribution >= 0.6 is 0 Å². The third-order valence-electron chi connectivity index (χ3n) is 5.48. The van der Waals surface area contributed by atoms with Crippen LogP contribution in [0.15, 0.2) is 48.5 Å². The summed E-state index contributed by atoms with van der Waals surface area (Å²) in [6, 6.07) is 13.8. The van der Waals surface area contributed by atoms with E-state index in [1.165, 1.54) is 21.2 Å². The fraction of sp³-hybridized carbons (Fsp3) is 0.286. The summed E-state index contributed by atoms with van der Waals surface area (Å²) in [6.45, 7) is 0. The zero-order valence-corrected chi connectivity index (χ0v) is 15.8. The smallest absolute Gasteiger partial charge is 0.332 e. The van der Waals surface area contributed by atoms with E-state index in [0.717, 1.165) is 9.80 Å². The minimum absolute atomic E-state index is 0.110. The molecule has 1 fully saturated rings. The molecule has 144 valence electrons. The second kappa shape index (κ2) is 6.37. The number of methoxy groups -OCH3 is 1. The van der Waals surface area contributed by atoms with Gasteiger partial charge in [0, 0.05) is 20.5 Å². The van der Waals surface area contributed by atoms with Crippen molar-refractivity contribution in [2.45, 2.75) is 12.5 Å². The molecule has 4 rings (SSSR count). The molecule has 1 atom stereocenters. The van der Waals surface area contributed by atoms with E-state index in [4.69, 9.17) is 9.47 Å². The van der Waals surface area contributed by atoms with Crippen molar-refractivity contribution in [3.05, 3.63) is 59.7 Å². The number of urea groups is 1. The van der Waals surface area contributed by atoms with E-state index in [2.05, 4.69) is 0 Å². The highest BCUT2D eigenvalue weighted by Gasteiger charge is 2.63. The standard InChI is InChI=1S/C21H20N2O5/c1-22-18(24)21(19(25)23(2)20(22)26)12-14-10-7-11-15(27-3)16(14)28-17(21)13-8-5-4-6-9-13/h4-11,17H,12H2,1-3H3. The lowest BCUT2D eigenvalue weighted by molar-refractivity contribution is -0.166. The molecule has 7 heteroatoms. The molecule has 0 aromatic heterocycles. The van der Waals surface area contributed by atoms with Crippen LogP contribution in [-0.2, 0) is 16.0 Å². The number of carbonyl (C=O) groups excluding carboxylic acids is 3. The zero-order chi connectivity index (χ0) is 20.1. The normalized spacial score (nSPS) is 20.8. The first-order valence-corrected chi connectivity index (χ1v) is 8.89. The fourth-order valence-corrected chi connectivity index (χ4v) is 4.05. The van der Waals surface area contributed by atoms with Crippen molar-refractivity contribution in [2.75, 3.05) is 21.2 Å². The Morgan fingerprint density at radius 1 is 0.964 bits per heavy atom. The van der Waals surface area contributed by atoms with E-state index in [1.807, 2.05) is 30.3 Å². The molecular formula is C21H20N2O5. The van der Waals surface area contributed by atoms with Gasteiger partial charge in [-0.3, -0.25) is 19.4 Å². The average molecular weight is 380 g/mol. The Kier molecular flexibility index (Phi) is 4.10. The Bertz CT molecular complexity index is 948. The summed E-state index contributed by atoms with van der Waals surface area (Å²) in [5.41, 5.74) is -0.209. The molecule has 28 heavy (non-hydrogen) atoms. The van der Waals surface area contributed by atoms with Crippen molar-refractivity contribution in [1.29, 1.82) is 0 Å². The van der Waals surface area contributed by atoms with Crippen molar-refractivity contribution < 1.29 is 23.9 Å². The van der Waals surface area contributed by atoms with Crippen LogP contribution in [0.1, 0.15) is 17.2 Å². The second-order valence-corrected chi connectivity index (χ2v) is 7.02. The largest absolute Gasteiger partial charge is 0.493 e. The highest BCUT2D eigenvalue weighted by molar-refractivity contribution is 6.19. The first-order chi connectivity index (χ1) is 13.4. The van der Waals surface area contributed by atoms with Crippen LogP contribution < -0.4 is 9.47 Å². The third kappa shape index (κ3) is 2.32. The van der Waals surface area contributed by atoms with Gasteiger partial charge in [-0.05, 0) is 17.2 Å². The van der Waals surface area contributed by atoms with E-state index in [1.54, 1.807) is 18.2 Å². The summed E-state index contributed by atoms with van der Waals surface area (Å²) in [5, 5.41) is 0. The molecule has 2 aromatic rings. The van der Waals surface area contributed by atoms with Gasteiger partial charge >= 0.3 is 6.03 Å². The van der Waals surface area contributed by atoms with Gasteiger partial charge in [-0.15, -0.1) is 0 Å². The molecular weight excluding hydrogens is 360 g/mol. The van der Waals surface area contributed by atoms with Crippen molar-refractivity contribution >= 4 is 17.8 Å². The molecule has 0 radical (unpaired) electrons. The summed E-state index contributed by atoms with van der Waals surface area (Å²) < 4.78 is 11.7. The monoisotopic (exact) mass is 380 g/mol. The number of imide groups is 2. The van der Waals surface area contributed by atoms with Crippen molar-refractivity contribution in [3.8, 4) is 11.5 Å². The first-order valence-electron chi connectivity index (χ1n) is 8.89. The number of nitrogens with zero attached hydrogens (tertiary/aromatic N) is 2. The quantitative estimate of drug-likeness (QED) is 0.748. The molecule has 0 N–H and O–H groups in total. The van der Waals surface area contributed by atoms with Crippen LogP contribution in [0, 0.1) is 5.41 Å². The van der Waals surface area contributed by atoms with Crippen molar-refractivity contribution in [3.63, 3.8) is 0 Å². The zero-order valence-electron chi connectivity index (χ0n) is 15.8. The minimum Gasteiger partial charge on any atom is -0.493 e. The summed E-state index contributed by atoms with van der Waals surface area (Å²) in [5.74, 6) is -0.0973. The van der Waals surface area contributed by atoms with Gasteiger partial charge in [0.2, 0.25) is 0 Å². The summed E-state index contributed by atoms with van der Waals surface area (Å²) in [4.78, 5) is 41.0. The van der Waals surface area contributed by atoms with Gasteiger partial charge in [0.25, 0.3) is 11.8 Å². The van der Waals surface area contributed by atoms with E-state index in [9.17, 15) is 14.4 Å². The molecule has 1 saturated heterocycles. The lowest BCUT2D eigenvalue weighted by Crippen LogP contribution is -2.67. The number of barbiturate groups is 1. The highest BCUT2D eigenvalue weighted by Crippen LogP contribution is 2.52. The number of rotatable bonds is 2. The summed E-state index contributed by atoms with van der Waals surface area (Å²) in [6.07, 6.45) is -0.783. The Morgan fingerprint density at radius 2 is 1.61 bits per heavy atom. The Morgan fingerprint density at radius 3 is 2.21 bits per heavy atom. The molecule has 0 saturated carbocycles. The number of hydrogen-bond donors (Lipinski definition) is 0. The molecule has 7 nitrogen and oxygen atoms in total. The van der Waals surface area contributed by atoms with E-state index in [-0.39, 0.29) is 6.42 Å². The summed E-state index contributed by atoms with van der Waals surface area (Å²) >= 11 is 0. The summed E-state index contributed by atoms with van der Waals surface area (Å²) in [7, 11) is 4.31. The predicted molar refractivity (Wildman–Crippen MR) is 99.9 cm³/mol. The maximum atomic E-state index is 13.4. The van der Waals surface area contributed by atoms with Crippen LogP contribution in [-0.4, -0.2) is 48.9 Å². The van der Waals surface area contributed by atoms with E-state index < -0.39 is 29.4 Å². The molecule has 2 heterocycles. The van der Waals surface area contributed by atoms with Gasteiger partial charge in [0.15, 0.2) is 16.9 Å². The Balaban J connectivity index is 1.96. The molecule has 1 spiro atoms. The first kappa shape index (κ1) is 18.0. The number of fused-ring (bicyclic) bond motifs is 1.